The lowest BCUT2D eigenvalue weighted by Gasteiger charge is -2.01. The van der Waals surface area contributed by atoms with Gasteiger partial charge in [0.2, 0.25) is 0 Å². The lowest BCUT2D eigenvalue weighted by atomic mass is 10.2. The van der Waals surface area contributed by atoms with E-state index in [1.54, 1.807) is 24.3 Å². The predicted molar refractivity (Wildman–Crippen MR) is 72.5 cm³/mol. The number of nitrogens with zero attached hydrogens (tertiary/aromatic N) is 1. The summed E-state index contributed by atoms with van der Waals surface area (Å²) in [6.07, 6.45) is 1.52. The summed E-state index contributed by atoms with van der Waals surface area (Å²) in [4.78, 5) is 27.0. The number of rotatable bonds is 1. The van der Waals surface area contributed by atoms with Gasteiger partial charge in [-0.2, -0.15) is 0 Å². The molecule has 2 amide bonds. The highest BCUT2D eigenvalue weighted by molar-refractivity contribution is 8.18. The largest absolute Gasteiger partial charge is 0.506 e. The van der Waals surface area contributed by atoms with Gasteiger partial charge in [-0.3, -0.25) is 14.9 Å². The van der Waals surface area contributed by atoms with Crippen molar-refractivity contribution in [2.24, 2.45) is 0 Å². The van der Waals surface area contributed by atoms with Gasteiger partial charge in [-0.15, -0.1) is 0 Å². The number of benzene rings is 1. The quantitative estimate of drug-likeness (QED) is 0.778. The molecule has 6 heteroatoms. The number of imide groups is 1. The number of aromatic nitrogens is 1. The van der Waals surface area contributed by atoms with Crippen molar-refractivity contribution in [2.45, 2.75) is 0 Å². The molecule has 94 valence electrons. The molecule has 0 unspecified atom stereocenters. The Hall–Kier alpha value is -2.34. The normalized spacial score (nSPS) is 17.2. The Labute approximate surface area is 112 Å². The number of amides is 2. The molecule has 2 heterocycles. The van der Waals surface area contributed by atoms with Gasteiger partial charge in [-0.05, 0) is 30.0 Å². The maximum Gasteiger partial charge on any atom is 0.290 e. The summed E-state index contributed by atoms with van der Waals surface area (Å²) in [6, 6.07) is 8.64. The Kier molecular flexibility index (Phi) is 2.72. The summed E-state index contributed by atoms with van der Waals surface area (Å²) in [6.45, 7) is 0. The van der Waals surface area contributed by atoms with Gasteiger partial charge >= 0.3 is 0 Å². The zero-order valence-corrected chi connectivity index (χ0v) is 10.4. The molecule has 1 aromatic carbocycles. The molecule has 1 saturated heterocycles. The van der Waals surface area contributed by atoms with Gasteiger partial charge < -0.3 is 5.11 Å². The lowest BCUT2D eigenvalue weighted by Crippen LogP contribution is -2.17. The van der Waals surface area contributed by atoms with E-state index in [1.807, 2.05) is 6.07 Å². The van der Waals surface area contributed by atoms with Gasteiger partial charge in [-0.25, -0.2) is 4.98 Å². The molecule has 5 nitrogen and oxygen atoms in total. The van der Waals surface area contributed by atoms with Crippen LogP contribution in [0.25, 0.3) is 17.0 Å². The summed E-state index contributed by atoms with van der Waals surface area (Å²) >= 11 is 0.837. The van der Waals surface area contributed by atoms with Crippen molar-refractivity contribution in [3.8, 4) is 5.75 Å². The van der Waals surface area contributed by atoms with Crippen molar-refractivity contribution in [3.63, 3.8) is 0 Å². The van der Waals surface area contributed by atoms with E-state index in [1.165, 1.54) is 6.08 Å². The Morgan fingerprint density at radius 1 is 1.21 bits per heavy atom. The van der Waals surface area contributed by atoms with Crippen LogP contribution in [0.5, 0.6) is 5.75 Å². The van der Waals surface area contributed by atoms with E-state index in [9.17, 15) is 14.7 Å². The zero-order valence-electron chi connectivity index (χ0n) is 9.58. The Morgan fingerprint density at radius 2 is 2.05 bits per heavy atom. The molecular weight excluding hydrogens is 264 g/mol. The highest BCUT2D eigenvalue weighted by atomic mass is 32.2. The summed E-state index contributed by atoms with van der Waals surface area (Å²) in [5, 5.41) is 12.3. The van der Waals surface area contributed by atoms with E-state index in [2.05, 4.69) is 10.3 Å². The SMILES string of the molecule is O=C1NC(=O)/C(=C/c2ccc3cccc(O)c3n2)S1. The number of thioether (sulfide) groups is 1. The van der Waals surface area contributed by atoms with Gasteiger partial charge in [0.15, 0.2) is 0 Å². The average Bonchev–Trinajstić information content (AvgIpc) is 2.69. The second-order valence-electron chi connectivity index (χ2n) is 3.94. The number of carbonyl (C=O) groups is 2. The van der Waals surface area contributed by atoms with Crippen LogP contribution in [0.15, 0.2) is 35.2 Å². The maximum atomic E-state index is 11.4. The Balaban J connectivity index is 2.07. The molecule has 0 radical (unpaired) electrons. The maximum absolute atomic E-state index is 11.4. The van der Waals surface area contributed by atoms with E-state index in [0.29, 0.717) is 16.1 Å². The summed E-state index contributed by atoms with van der Waals surface area (Å²) < 4.78 is 0. The fraction of sp³-hybridized carbons (Fsp3) is 0. The number of aromatic hydroxyl groups is 1. The molecule has 2 N–H and O–H groups in total. The molecule has 2 aromatic rings. The smallest absolute Gasteiger partial charge is 0.290 e. The first-order valence-electron chi connectivity index (χ1n) is 5.47. The van der Waals surface area contributed by atoms with Crippen LogP contribution >= 0.6 is 11.8 Å². The predicted octanol–water partition coefficient (Wildman–Crippen LogP) is 2.26. The highest BCUT2D eigenvalue weighted by Gasteiger charge is 2.25. The number of pyridine rings is 1. The molecule has 1 fully saturated rings. The third-order valence-corrected chi connectivity index (χ3v) is 3.45. The number of carbonyl (C=O) groups excluding carboxylic acids is 2. The first kappa shape index (κ1) is 11.7. The van der Waals surface area contributed by atoms with Crippen LogP contribution in [0.4, 0.5) is 4.79 Å². The summed E-state index contributed by atoms with van der Waals surface area (Å²) in [7, 11) is 0. The number of hydrogen-bond donors (Lipinski definition) is 2. The van der Waals surface area contributed by atoms with E-state index in [0.717, 1.165) is 17.1 Å². The van der Waals surface area contributed by atoms with Crippen molar-refractivity contribution in [2.75, 3.05) is 0 Å². The molecule has 19 heavy (non-hydrogen) atoms. The van der Waals surface area contributed by atoms with Crippen molar-refractivity contribution in [3.05, 3.63) is 40.9 Å². The molecule has 0 spiro atoms. The third kappa shape index (κ3) is 2.17. The standard InChI is InChI=1S/C13H8N2O3S/c16-9-3-1-2-7-4-5-8(14-11(7)9)6-10-12(17)15-13(18)19-10/h1-6,16H,(H,15,17,18)/b10-6-. The zero-order chi connectivity index (χ0) is 13.4. The van der Waals surface area contributed by atoms with Crippen LogP contribution in [0.3, 0.4) is 0 Å². The number of fused-ring (bicyclic) bond motifs is 1. The highest BCUT2D eigenvalue weighted by Crippen LogP contribution is 2.27. The van der Waals surface area contributed by atoms with Gasteiger partial charge in [0.05, 0.1) is 10.6 Å². The van der Waals surface area contributed by atoms with Gasteiger partial charge in [-0.1, -0.05) is 18.2 Å². The first-order valence-corrected chi connectivity index (χ1v) is 6.29. The number of phenols is 1. The number of nitrogens with one attached hydrogen (secondary N) is 1. The van der Waals surface area contributed by atoms with Crippen molar-refractivity contribution < 1.29 is 14.7 Å². The van der Waals surface area contributed by atoms with Crippen LogP contribution in [-0.2, 0) is 4.79 Å². The molecule has 0 saturated carbocycles. The van der Waals surface area contributed by atoms with Gasteiger partial charge in [0.25, 0.3) is 11.1 Å². The molecule has 3 rings (SSSR count). The fourth-order valence-electron chi connectivity index (χ4n) is 1.78. The number of para-hydroxylation sites is 1. The third-order valence-electron chi connectivity index (χ3n) is 2.64. The van der Waals surface area contributed by atoms with E-state index in [-0.39, 0.29) is 11.0 Å². The van der Waals surface area contributed by atoms with E-state index < -0.39 is 5.91 Å². The summed E-state index contributed by atoms with van der Waals surface area (Å²) in [5.41, 5.74) is 0.980. The van der Waals surface area contributed by atoms with Crippen LogP contribution in [0, 0.1) is 0 Å². The number of hydrogen-bond acceptors (Lipinski definition) is 5. The Bertz CT molecular complexity index is 740. The van der Waals surface area contributed by atoms with Gasteiger partial charge in [0, 0.05) is 5.39 Å². The van der Waals surface area contributed by atoms with Crippen LogP contribution in [-0.4, -0.2) is 21.2 Å². The fourth-order valence-corrected chi connectivity index (χ4v) is 2.45. The minimum Gasteiger partial charge on any atom is -0.506 e. The number of phenolic OH excluding ortho intramolecular Hbond substituents is 1. The van der Waals surface area contributed by atoms with Crippen molar-refractivity contribution >= 4 is 39.9 Å². The molecule has 1 aliphatic rings. The lowest BCUT2D eigenvalue weighted by molar-refractivity contribution is -0.115. The molecule has 1 aliphatic heterocycles. The molecular formula is C13H8N2O3S. The minimum atomic E-state index is -0.422. The van der Waals surface area contributed by atoms with Gasteiger partial charge in [0.1, 0.15) is 11.3 Å². The molecule has 0 bridgehead atoms. The van der Waals surface area contributed by atoms with Crippen molar-refractivity contribution in [1.29, 1.82) is 0 Å². The summed E-state index contributed by atoms with van der Waals surface area (Å²) in [5.74, 6) is -0.341. The second kappa shape index (κ2) is 4.40. The van der Waals surface area contributed by atoms with E-state index >= 15 is 0 Å². The molecule has 1 aromatic heterocycles. The molecule has 0 atom stereocenters. The first-order chi connectivity index (χ1) is 9.13. The average molecular weight is 272 g/mol. The van der Waals surface area contributed by atoms with E-state index in [4.69, 9.17) is 0 Å². The second-order valence-corrected chi connectivity index (χ2v) is 4.95. The minimum absolute atomic E-state index is 0.0809. The topological polar surface area (TPSA) is 79.3 Å². The Morgan fingerprint density at radius 3 is 2.79 bits per heavy atom. The van der Waals surface area contributed by atoms with Crippen LogP contribution < -0.4 is 5.32 Å². The van der Waals surface area contributed by atoms with Crippen LogP contribution in [0.2, 0.25) is 0 Å². The monoisotopic (exact) mass is 272 g/mol. The van der Waals surface area contributed by atoms with Crippen LogP contribution in [0.1, 0.15) is 5.69 Å². The molecule has 0 aliphatic carbocycles. The van der Waals surface area contributed by atoms with Crippen molar-refractivity contribution in [1.82, 2.24) is 10.3 Å².